The molecule has 1 aromatic carbocycles. The third-order valence-electron chi connectivity index (χ3n) is 2.88. The van der Waals surface area contributed by atoms with Gasteiger partial charge in [-0.15, -0.1) is 0 Å². The Morgan fingerprint density at radius 2 is 1.86 bits per heavy atom. The summed E-state index contributed by atoms with van der Waals surface area (Å²) in [5.41, 5.74) is 3.14. The maximum absolute atomic E-state index is 11.5. The van der Waals surface area contributed by atoms with Gasteiger partial charge in [-0.2, -0.15) is 5.26 Å². The second-order valence-electron chi connectivity index (χ2n) is 4.72. The van der Waals surface area contributed by atoms with E-state index in [2.05, 4.69) is 21.4 Å². The van der Waals surface area contributed by atoms with Crippen LogP contribution in [-0.4, -0.2) is 24.6 Å². The molecule has 21 heavy (non-hydrogen) atoms. The third kappa shape index (κ3) is 3.35. The number of nitrogens with zero attached hydrogens (tertiary/aromatic N) is 3. The van der Waals surface area contributed by atoms with E-state index in [1.807, 2.05) is 13.8 Å². The number of rotatable bonds is 3. The minimum atomic E-state index is -3.45. The number of hydrogen-bond donors (Lipinski definition) is 1. The SMILES string of the molecule is Cc1cc(C#N)cc(C)c1Nc1ccnc(S(C)(=O)=O)n1. The molecule has 0 fully saturated rings. The molecule has 108 valence electrons. The Hall–Kier alpha value is -2.46. The van der Waals surface area contributed by atoms with E-state index in [-0.39, 0.29) is 5.16 Å². The zero-order chi connectivity index (χ0) is 15.6. The van der Waals surface area contributed by atoms with E-state index in [0.717, 1.165) is 23.1 Å². The quantitative estimate of drug-likeness (QED) is 0.872. The van der Waals surface area contributed by atoms with E-state index in [9.17, 15) is 8.42 Å². The normalized spacial score (nSPS) is 11.0. The average Bonchev–Trinajstić information content (AvgIpc) is 2.42. The highest BCUT2D eigenvalue weighted by Crippen LogP contribution is 2.25. The summed E-state index contributed by atoms with van der Waals surface area (Å²) >= 11 is 0. The average molecular weight is 302 g/mol. The largest absolute Gasteiger partial charge is 0.340 e. The first kappa shape index (κ1) is 14.9. The lowest BCUT2D eigenvalue weighted by atomic mass is 10.0. The second kappa shape index (κ2) is 5.50. The predicted octanol–water partition coefficient (Wildman–Crippen LogP) is 2.11. The van der Waals surface area contributed by atoms with E-state index in [1.54, 1.807) is 18.2 Å². The summed E-state index contributed by atoms with van der Waals surface area (Å²) in [6.45, 7) is 3.74. The molecule has 6 nitrogen and oxygen atoms in total. The van der Waals surface area contributed by atoms with Crippen molar-refractivity contribution in [1.82, 2.24) is 9.97 Å². The molecule has 2 aromatic rings. The maximum Gasteiger partial charge on any atom is 0.248 e. The minimum absolute atomic E-state index is 0.226. The molecular formula is C14H14N4O2S. The molecule has 0 saturated heterocycles. The number of aryl methyl sites for hydroxylation is 2. The van der Waals surface area contributed by atoms with Gasteiger partial charge >= 0.3 is 0 Å². The van der Waals surface area contributed by atoms with Crippen LogP contribution in [0.25, 0.3) is 0 Å². The fourth-order valence-corrected chi connectivity index (χ4v) is 2.46. The van der Waals surface area contributed by atoms with Gasteiger partial charge in [-0.1, -0.05) is 0 Å². The van der Waals surface area contributed by atoms with E-state index < -0.39 is 9.84 Å². The van der Waals surface area contributed by atoms with E-state index in [1.165, 1.54) is 6.20 Å². The van der Waals surface area contributed by atoms with E-state index >= 15 is 0 Å². The summed E-state index contributed by atoms with van der Waals surface area (Å²) in [5.74, 6) is 0.390. The van der Waals surface area contributed by atoms with E-state index in [0.29, 0.717) is 11.4 Å². The zero-order valence-corrected chi connectivity index (χ0v) is 12.7. The minimum Gasteiger partial charge on any atom is -0.340 e. The van der Waals surface area contributed by atoms with E-state index in [4.69, 9.17) is 5.26 Å². The van der Waals surface area contributed by atoms with Crippen LogP contribution in [0.4, 0.5) is 11.5 Å². The van der Waals surface area contributed by atoms with Crippen molar-refractivity contribution in [3.8, 4) is 6.07 Å². The summed E-state index contributed by atoms with van der Waals surface area (Å²) < 4.78 is 22.9. The summed E-state index contributed by atoms with van der Waals surface area (Å²) in [6.07, 6.45) is 2.45. The maximum atomic E-state index is 11.5. The molecule has 7 heteroatoms. The summed E-state index contributed by atoms with van der Waals surface area (Å²) in [4.78, 5) is 7.73. The zero-order valence-electron chi connectivity index (χ0n) is 11.9. The molecular weight excluding hydrogens is 288 g/mol. The lowest BCUT2D eigenvalue weighted by molar-refractivity contribution is 0.593. The molecule has 0 aliphatic rings. The molecule has 2 rings (SSSR count). The van der Waals surface area contributed by atoms with Crippen molar-refractivity contribution in [3.05, 3.63) is 41.1 Å². The van der Waals surface area contributed by atoms with Gasteiger partial charge in [0, 0.05) is 18.1 Å². The van der Waals surface area contributed by atoms with Gasteiger partial charge in [0.05, 0.1) is 11.6 Å². The molecule has 0 bridgehead atoms. The van der Waals surface area contributed by atoms with Crippen molar-refractivity contribution in [2.24, 2.45) is 0 Å². The van der Waals surface area contributed by atoms with Crippen molar-refractivity contribution < 1.29 is 8.42 Å². The van der Waals surface area contributed by atoms with Crippen molar-refractivity contribution in [2.45, 2.75) is 19.0 Å². The van der Waals surface area contributed by atoms with Crippen LogP contribution in [0.2, 0.25) is 0 Å². The van der Waals surface area contributed by atoms with Crippen molar-refractivity contribution >= 4 is 21.3 Å². The van der Waals surface area contributed by atoms with Crippen molar-refractivity contribution in [1.29, 1.82) is 5.26 Å². The Labute approximate surface area is 123 Å². The number of sulfone groups is 1. The Kier molecular flexibility index (Phi) is 3.91. The van der Waals surface area contributed by atoms with Crippen molar-refractivity contribution in [2.75, 3.05) is 11.6 Å². The van der Waals surface area contributed by atoms with Gasteiger partial charge in [-0.25, -0.2) is 18.4 Å². The summed E-state index contributed by atoms with van der Waals surface area (Å²) in [5, 5.41) is 11.8. The van der Waals surface area contributed by atoms with Gasteiger partial charge in [-0.05, 0) is 43.2 Å². The van der Waals surface area contributed by atoms with Gasteiger partial charge in [0.25, 0.3) is 0 Å². The van der Waals surface area contributed by atoms with Gasteiger partial charge in [0.2, 0.25) is 15.0 Å². The lowest BCUT2D eigenvalue weighted by Gasteiger charge is -2.12. The van der Waals surface area contributed by atoms with Crippen LogP contribution in [0.1, 0.15) is 16.7 Å². The molecule has 0 aliphatic carbocycles. The Bertz CT molecular complexity index is 815. The molecule has 1 heterocycles. The van der Waals surface area contributed by atoms with Crippen LogP contribution in [0.15, 0.2) is 29.6 Å². The predicted molar refractivity (Wildman–Crippen MR) is 79.1 cm³/mol. The Balaban J connectivity index is 2.42. The summed E-state index contributed by atoms with van der Waals surface area (Å²) in [6, 6.07) is 7.20. The molecule has 0 spiro atoms. The molecule has 1 N–H and O–H groups in total. The topological polar surface area (TPSA) is 95.7 Å². The van der Waals surface area contributed by atoms with Gasteiger partial charge in [0.15, 0.2) is 0 Å². The number of anilines is 2. The smallest absolute Gasteiger partial charge is 0.248 e. The highest BCUT2D eigenvalue weighted by Gasteiger charge is 2.12. The standard InChI is InChI=1S/C14H14N4O2S/c1-9-6-11(8-15)7-10(2)13(9)17-12-4-5-16-14(18-12)21(3,19)20/h4-7H,1-3H3,(H,16,17,18). The van der Waals surface area contributed by atoms with Crippen LogP contribution >= 0.6 is 0 Å². The van der Waals surface area contributed by atoms with Crippen LogP contribution in [0.5, 0.6) is 0 Å². The number of hydrogen-bond acceptors (Lipinski definition) is 6. The monoisotopic (exact) mass is 302 g/mol. The third-order valence-corrected chi connectivity index (χ3v) is 3.74. The fourth-order valence-electron chi connectivity index (χ4n) is 1.94. The number of benzene rings is 1. The Morgan fingerprint density at radius 3 is 2.38 bits per heavy atom. The molecule has 0 radical (unpaired) electrons. The molecule has 0 unspecified atom stereocenters. The lowest BCUT2D eigenvalue weighted by Crippen LogP contribution is -2.06. The molecule has 0 atom stereocenters. The number of nitriles is 1. The van der Waals surface area contributed by atoms with Crippen molar-refractivity contribution in [3.63, 3.8) is 0 Å². The second-order valence-corrected chi connectivity index (χ2v) is 6.63. The first-order chi connectivity index (χ1) is 9.81. The van der Waals surface area contributed by atoms with Crippen LogP contribution in [0, 0.1) is 25.2 Å². The van der Waals surface area contributed by atoms with Gasteiger partial charge < -0.3 is 5.32 Å². The Morgan fingerprint density at radius 1 is 1.24 bits per heavy atom. The van der Waals surface area contributed by atoms with Gasteiger partial charge in [0.1, 0.15) is 5.82 Å². The molecule has 1 aromatic heterocycles. The molecule has 0 amide bonds. The number of nitrogens with one attached hydrogen (secondary N) is 1. The van der Waals surface area contributed by atoms with Crippen LogP contribution in [-0.2, 0) is 9.84 Å². The van der Waals surface area contributed by atoms with Gasteiger partial charge in [-0.3, -0.25) is 0 Å². The summed E-state index contributed by atoms with van der Waals surface area (Å²) in [7, 11) is -3.45. The number of aromatic nitrogens is 2. The molecule has 0 aliphatic heterocycles. The highest BCUT2D eigenvalue weighted by molar-refractivity contribution is 7.90. The highest BCUT2D eigenvalue weighted by atomic mass is 32.2. The van der Waals surface area contributed by atoms with Crippen LogP contribution < -0.4 is 5.32 Å². The first-order valence-corrected chi connectivity index (χ1v) is 8.02. The van der Waals surface area contributed by atoms with Crippen LogP contribution in [0.3, 0.4) is 0 Å². The first-order valence-electron chi connectivity index (χ1n) is 6.13. The molecule has 0 saturated carbocycles. The fraction of sp³-hybridized carbons (Fsp3) is 0.214.